The fourth-order valence-electron chi connectivity index (χ4n) is 4.03. The first kappa shape index (κ1) is 31.9. The van der Waals surface area contributed by atoms with E-state index in [1.54, 1.807) is 20.8 Å². The van der Waals surface area contributed by atoms with Crippen LogP contribution < -0.4 is 10.6 Å². The molecule has 9 heteroatoms. The Kier molecular flexibility index (Phi) is 11.2. The summed E-state index contributed by atoms with van der Waals surface area (Å²) in [5.41, 5.74) is 0.874. The molecule has 0 heterocycles. The second-order valence-electron chi connectivity index (χ2n) is 11.5. The van der Waals surface area contributed by atoms with Crippen LogP contribution in [-0.4, -0.2) is 59.6 Å². The molecule has 3 unspecified atom stereocenters. The van der Waals surface area contributed by atoms with Gasteiger partial charge in [0.15, 0.2) is 0 Å². The van der Waals surface area contributed by atoms with Crippen LogP contribution in [0.3, 0.4) is 0 Å². The summed E-state index contributed by atoms with van der Waals surface area (Å²) in [4.78, 5) is 53.9. The molecule has 37 heavy (non-hydrogen) atoms. The predicted octanol–water partition coefficient (Wildman–Crippen LogP) is 4.20. The standard InChI is InChI=1S/C28H45N3O6/c1-12-19(4)22(30-26(35)37-28(8,9)10)25(34)31(27(5,6)7)23(24(33)29-16-21(32)36-11)20-14-17(2)13-18(3)15-20/h13-15,19,22-23H,12,16H2,1-11H3,(H,29,33)(H,30,35). The Balaban J connectivity index is 3.65. The number of benzene rings is 1. The smallest absolute Gasteiger partial charge is 0.408 e. The summed E-state index contributed by atoms with van der Waals surface area (Å²) in [5.74, 6) is -1.81. The number of rotatable bonds is 9. The number of ether oxygens (including phenoxy) is 2. The minimum absolute atomic E-state index is 0.247. The predicted molar refractivity (Wildman–Crippen MR) is 143 cm³/mol. The quantitative estimate of drug-likeness (QED) is 0.473. The molecule has 0 saturated heterocycles. The van der Waals surface area contributed by atoms with Crippen LogP contribution in [-0.2, 0) is 23.9 Å². The molecule has 0 fully saturated rings. The van der Waals surface area contributed by atoms with Crippen molar-refractivity contribution in [1.82, 2.24) is 15.5 Å². The van der Waals surface area contributed by atoms with E-state index >= 15 is 0 Å². The molecule has 0 aliphatic rings. The lowest BCUT2D eigenvalue weighted by atomic mass is 9.90. The molecule has 0 bridgehead atoms. The molecule has 3 amide bonds. The number of nitrogens with zero attached hydrogens (tertiary/aromatic N) is 1. The number of methoxy groups -OCH3 is 1. The maximum Gasteiger partial charge on any atom is 0.408 e. The average Bonchev–Trinajstić information content (AvgIpc) is 2.75. The van der Waals surface area contributed by atoms with E-state index in [-0.39, 0.29) is 12.5 Å². The molecule has 1 aromatic carbocycles. The largest absolute Gasteiger partial charge is 0.468 e. The molecule has 0 radical (unpaired) electrons. The summed E-state index contributed by atoms with van der Waals surface area (Å²) in [5, 5.41) is 5.36. The van der Waals surface area contributed by atoms with Crippen molar-refractivity contribution in [2.75, 3.05) is 13.7 Å². The molecule has 0 aromatic heterocycles. The van der Waals surface area contributed by atoms with E-state index in [0.717, 1.165) is 11.1 Å². The molecule has 9 nitrogen and oxygen atoms in total. The molecule has 208 valence electrons. The van der Waals surface area contributed by atoms with Gasteiger partial charge in [-0.25, -0.2) is 4.79 Å². The lowest BCUT2D eigenvalue weighted by Crippen LogP contribution is -2.60. The van der Waals surface area contributed by atoms with Crippen molar-refractivity contribution in [3.05, 3.63) is 34.9 Å². The number of carbonyl (C=O) groups is 4. The van der Waals surface area contributed by atoms with Gasteiger partial charge in [-0.1, -0.05) is 49.6 Å². The van der Waals surface area contributed by atoms with Crippen LogP contribution in [0.1, 0.15) is 84.5 Å². The highest BCUT2D eigenvalue weighted by molar-refractivity contribution is 5.93. The van der Waals surface area contributed by atoms with Crippen molar-refractivity contribution in [2.24, 2.45) is 5.92 Å². The number of alkyl carbamates (subject to hydrolysis) is 1. The van der Waals surface area contributed by atoms with E-state index < -0.39 is 47.1 Å². The van der Waals surface area contributed by atoms with Gasteiger partial charge in [0.05, 0.1) is 7.11 Å². The molecule has 0 aliphatic carbocycles. The summed E-state index contributed by atoms with van der Waals surface area (Å²) in [6.45, 7) is 18.0. The van der Waals surface area contributed by atoms with Crippen molar-refractivity contribution in [2.45, 2.75) is 98.9 Å². The van der Waals surface area contributed by atoms with Crippen LogP contribution >= 0.6 is 0 Å². The van der Waals surface area contributed by atoms with Gasteiger partial charge in [-0.15, -0.1) is 0 Å². The first-order chi connectivity index (χ1) is 16.9. The SMILES string of the molecule is CCC(C)C(NC(=O)OC(C)(C)C)C(=O)N(C(C(=O)NCC(=O)OC)c1cc(C)cc(C)c1)C(C)(C)C. The summed E-state index contributed by atoms with van der Waals surface area (Å²) < 4.78 is 10.1. The minimum atomic E-state index is -1.07. The molecule has 0 saturated carbocycles. The second-order valence-corrected chi connectivity index (χ2v) is 11.5. The van der Waals surface area contributed by atoms with Crippen LogP contribution in [0.4, 0.5) is 4.79 Å². The van der Waals surface area contributed by atoms with E-state index in [1.165, 1.54) is 12.0 Å². The first-order valence-corrected chi connectivity index (χ1v) is 12.7. The lowest BCUT2D eigenvalue weighted by molar-refractivity contribution is -0.150. The van der Waals surface area contributed by atoms with Gasteiger partial charge in [0.1, 0.15) is 24.2 Å². The zero-order valence-electron chi connectivity index (χ0n) is 24.3. The summed E-state index contributed by atoms with van der Waals surface area (Å²) in [6.07, 6.45) is -0.106. The van der Waals surface area contributed by atoms with Crippen LogP contribution in [0.25, 0.3) is 0 Å². The zero-order chi connectivity index (χ0) is 28.7. The lowest BCUT2D eigenvalue weighted by Gasteiger charge is -2.44. The Morgan fingerprint density at radius 3 is 1.95 bits per heavy atom. The summed E-state index contributed by atoms with van der Waals surface area (Å²) in [6, 6.07) is 3.66. The van der Waals surface area contributed by atoms with Gasteiger partial charge >= 0.3 is 12.1 Å². The highest BCUT2D eigenvalue weighted by Gasteiger charge is 2.43. The van der Waals surface area contributed by atoms with Crippen molar-refractivity contribution < 1.29 is 28.7 Å². The monoisotopic (exact) mass is 519 g/mol. The zero-order valence-corrected chi connectivity index (χ0v) is 24.3. The highest BCUT2D eigenvalue weighted by Crippen LogP contribution is 2.32. The Labute approximate surface area is 221 Å². The van der Waals surface area contributed by atoms with Crippen molar-refractivity contribution in [3.63, 3.8) is 0 Å². The highest BCUT2D eigenvalue weighted by atomic mass is 16.6. The molecule has 0 aliphatic heterocycles. The van der Waals surface area contributed by atoms with E-state index in [0.29, 0.717) is 12.0 Å². The van der Waals surface area contributed by atoms with E-state index in [1.807, 2.05) is 66.7 Å². The molecule has 1 aromatic rings. The average molecular weight is 520 g/mol. The Bertz CT molecular complexity index is 957. The minimum Gasteiger partial charge on any atom is -0.468 e. The number of amides is 3. The normalized spacial score (nSPS) is 14.1. The topological polar surface area (TPSA) is 114 Å². The molecular weight excluding hydrogens is 474 g/mol. The van der Waals surface area contributed by atoms with E-state index in [4.69, 9.17) is 4.74 Å². The summed E-state index contributed by atoms with van der Waals surface area (Å²) in [7, 11) is 1.24. The van der Waals surface area contributed by atoms with Gasteiger partial charge in [-0.2, -0.15) is 0 Å². The molecular formula is C28H45N3O6. The van der Waals surface area contributed by atoms with Crippen LogP contribution in [0.2, 0.25) is 0 Å². The van der Waals surface area contributed by atoms with Crippen molar-refractivity contribution >= 4 is 23.9 Å². The Morgan fingerprint density at radius 2 is 1.51 bits per heavy atom. The molecule has 0 spiro atoms. The molecule has 3 atom stereocenters. The second kappa shape index (κ2) is 12.9. The van der Waals surface area contributed by atoms with Crippen LogP contribution in [0.5, 0.6) is 0 Å². The molecule has 1 rings (SSSR count). The van der Waals surface area contributed by atoms with E-state index in [9.17, 15) is 19.2 Å². The fourth-order valence-corrected chi connectivity index (χ4v) is 4.03. The number of carbonyl (C=O) groups excluding carboxylic acids is 4. The van der Waals surface area contributed by atoms with Gasteiger partial charge in [0, 0.05) is 5.54 Å². The van der Waals surface area contributed by atoms with Crippen molar-refractivity contribution in [1.29, 1.82) is 0 Å². The van der Waals surface area contributed by atoms with Gasteiger partial charge < -0.3 is 25.0 Å². The molecule has 2 N–H and O–H groups in total. The number of hydrogen-bond acceptors (Lipinski definition) is 6. The van der Waals surface area contributed by atoms with Crippen LogP contribution in [0, 0.1) is 19.8 Å². The summed E-state index contributed by atoms with van der Waals surface area (Å²) >= 11 is 0. The van der Waals surface area contributed by atoms with Crippen molar-refractivity contribution in [3.8, 4) is 0 Å². The van der Waals surface area contributed by atoms with Gasteiger partial charge in [-0.3, -0.25) is 14.4 Å². The number of nitrogens with one attached hydrogen (secondary N) is 2. The van der Waals surface area contributed by atoms with Gasteiger partial charge in [-0.05, 0) is 66.9 Å². The Morgan fingerprint density at radius 1 is 0.973 bits per heavy atom. The third-order valence-corrected chi connectivity index (χ3v) is 5.81. The fraction of sp³-hybridized carbons (Fsp3) is 0.643. The third-order valence-electron chi connectivity index (χ3n) is 5.81. The third kappa shape index (κ3) is 9.70. The maximum atomic E-state index is 14.3. The van der Waals surface area contributed by atoms with Crippen LogP contribution in [0.15, 0.2) is 18.2 Å². The number of esters is 1. The maximum absolute atomic E-state index is 14.3. The van der Waals surface area contributed by atoms with Gasteiger partial charge in [0.2, 0.25) is 11.8 Å². The van der Waals surface area contributed by atoms with E-state index in [2.05, 4.69) is 15.4 Å². The first-order valence-electron chi connectivity index (χ1n) is 12.7. The number of aryl methyl sites for hydroxylation is 2. The van der Waals surface area contributed by atoms with Gasteiger partial charge in [0.25, 0.3) is 0 Å². The Hall–Kier alpha value is -3.10. The number of hydrogen-bond donors (Lipinski definition) is 2.